The number of carbonyl (C=O) groups is 2. The van der Waals surface area contributed by atoms with Crippen molar-refractivity contribution in [1.82, 2.24) is 14.8 Å². The molecule has 0 radical (unpaired) electrons. The molecule has 1 fully saturated rings. The van der Waals surface area contributed by atoms with E-state index in [2.05, 4.69) is 42.2 Å². The fraction of sp³-hybridized carbons (Fsp3) is 0.267. The number of nitrogens with zero attached hydrogens (tertiary/aromatic N) is 2. The molecule has 2 amide bonds. The van der Waals surface area contributed by atoms with Crippen LogP contribution in [0.5, 0.6) is 0 Å². The monoisotopic (exact) mass is 497 g/mol. The fourth-order valence-corrected chi connectivity index (χ4v) is 6.12. The molecule has 0 spiro atoms. The molecule has 0 saturated carbocycles. The zero-order valence-corrected chi connectivity index (χ0v) is 21.2. The van der Waals surface area contributed by atoms with Crippen molar-refractivity contribution in [2.45, 2.75) is 38.3 Å². The summed E-state index contributed by atoms with van der Waals surface area (Å²) in [6.45, 7) is 4.82. The van der Waals surface area contributed by atoms with Crippen LogP contribution in [-0.2, 0) is 28.1 Å². The highest BCUT2D eigenvalue weighted by atomic mass is 35.5. The van der Waals surface area contributed by atoms with Gasteiger partial charge in [0.2, 0.25) is 5.91 Å². The minimum Gasteiger partial charge on any atom is -0.356 e. The van der Waals surface area contributed by atoms with Crippen LogP contribution in [0.2, 0.25) is 5.02 Å². The van der Waals surface area contributed by atoms with Crippen molar-refractivity contribution in [1.29, 1.82) is 0 Å². The van der Waals surface area contributed by atoms with Crippen LogP contribution in [0.4, 0.5) is 0 Å². The van der Waals surface area contributed by atoms with Gasteiger partial charge in [0, 0.05) is 34.9 Å². The summed E-state index contributed by atoms with van der Waals surface area (Å²) in [6, 6.07) is 24.3. The first-order chi connectivity index (χ1) is 17.4. The van der Waals surface area contributed by atoms with Gasteiger partial charge >= 0.3 is 0 Å². The summed E-state index contributed by atoms with van der Waals surface area (Å²) in [5, 5.41) is 1.69. The van der Waals surface area contributed by atoms with Crippen molar-refractivity contribution in [2.24, 2.45) is 0 Å². The third-order valence-electron chi connectivity index (χ3n) is 7.93. The van der Waals surface area contributed by atoms with Gasteiger partial charge in [0.05, 0.1) is 5.69 Å². The molecular formula is C30H28ClN3O2. The number of hydrogen-bond donors (Lipinski definition) is 1. The Hall–Kier alpha value is -3.57. The molecule has 4 aromatic rings. The topological polar surface area (TPSA) is 56.4 Å². The lowest BCUT2D eigenvalue weighted by molar-refractivity contribution is -0.166. The van der Waals surface area contributed by atoms with Crippen LogP contribution in [-0.4, -0.2) is 39.7 Å². The molecule has 1 N–H and O–H groups in total. The van der Waals surface area contributed by atoms with E-state index in [0.29, 0.717) is 18.1 Å². The summed E-state index contributed by atoms with van der Waals surface area (Å²) < 4.78 is 0. The summed E-state index contributed by atoms with van der Waals surface area (Å²) >= 11 is 6.40. The number of piperazine rings is 1. The molecule has 0 aliphatic carbocycles. The Morgan fingerprint density at radius 1 is 1.00 bits per heavy atom. The van der Waals surface area contributed by atoms with Crippen LogP contribution in [0.1, 0.15) is 47.7 Å². The van der Waals surface area contributed by atoms with Gasteiger partial charge in [-0.25, -0.2) is 0 Å². The number of rotatable bonds is 4. The summed E-state index contributed by atoms with van der Waals surface area (Å²) in [4.78, 5) is 34.8. The Morgan fingerprint density at radius 2 is 1.72 bits per heavy atom. The van der Waals surface area contributed by atoms with Crippen LogP contribution in [0.25, 0.3) is 10.9 Å². The largest absolute Gasteiger partial charge is 0.356 e. The average molecular weight is 498 g/mol. The molecule has 6 rings (SSSR count). The first-order valence-corrected chi connectivity index (χ1v) is 12.8. The number of aromatic amines is 1. The molecule has 2 atom stereocenters. The second-order valence-corrected chi connectivity index (χ2v) is 10.3. The van der Waals surface area contributed by atoms with Crippen LogP contribution in [0, 0.1) is 0 Å². The first kappa shape index (κ1) is 22.9. The lowest BCUT2D eigenvalue weighted by Crippen LogP contribution is -2.67. The number of benzene rings is 3. The highest BCUT2D eigenvalue weighted by Gasteiger charge is 2.56. The number of aromatic nitrogens is 1. The van der Waals surface area contributed by atoms with E-state index in [1.54, 1.807) is 9.80 Å². The highest BCUT2D eigenvalue weighted by Crippen LogP contribution is 2.48. The maximum absolute atomic E-state index is 14.2. The Balaban J connectivity index is 1.50. The smallest absolute Gasteiger partial charge is 0.255 e. The standard InChI is InChI=1S/C30H28ClN3O2/c1-3-19-12-14-20(15-13-19)23-17-34-26(35)18-33(16-21-8-4-6-10-24(21)31)29(36)30(34,2)28-27(23)22-9-5-7-11-25(22)32-28/h4-15,23,32H,3,16-18H2,1-2H3/t23-,30+/m1/s1. The van der Waals surface area contributed by atoms with E-state index in [1.165, 1.54) is 5.56 Å². The Morgan fingerprint density at radius 3 is 2.47 bits per heavy atom. The molecule has 3 heterocycles. The van der Waals surface area contributed by atoms with Gasteiger partial charge in [0.25, 0.3) is 5.91 Å². The van der Waals surface area contributed by atoms with Crippen LogP contribution in [0.3, 0.4) is 0 Å². The third-order valence-corrected chi connectivity index (χ3v) is 8.30. The predicted molar refractivity (Wildman–Crippen MR) is 142 cm³/mol. The van der Waals surface area contributed by atoms with Crippen LogP contribution >= 0.6 is 11.6 Å². The van der Waals surface area contributed by atoms with E-state index < -0.39 is 5.54 Å². The molecule has 2 aliphatic rings. The van der Waals surface area contributed by atoms with E-state index in [0.717, 1.165) is 39.7 Å². The number of carbonyl (C=O) groups excluding carboxylic acids is 2. The molecule has 6 heteroatoms. The summed E-state index contributed by atoms with van der Waals surface area (Å²) in [6.07, 6.45) is 0.974. The van der Waals surface area contributed by atoms with E-state index in [-0.39, 0.29) is 24.3 Å². The van der Waals surface area contributed by atoms with E-state index in [9.17, 15) is 9.59 Å². The lowest BCUT2D eigenvalue weighted by Gasteiger charge is -2.51. The Bertz CT molecular complexity index is 1490. The minimum atomic E-state index is -1.12. The molecule has 2 aliphatic heterocycles. The molecule has 5 nitrogen and oxygen atoms in total. The number of hydrogen-bond acceptors (Lipinski definition) is 2. The molecule has 0 unspecified atom stereocenters. The first-order valence-electron chi connectivity index (χ1n) is 12.4. The summed E-state index contributed by atoms with van der Waals surface area (Å²) in [7, 11) is 0. The Labute approximate surface area is 215 Å². The van der Waals surface area contributed by atoms with Gasteiger partial charge in [-0.05, 0) is 47.7 Å². The van der Waals surface area contributed by atoms with Crippen molar-refractivity contribution >= 4 is 34.3 Å². The maximum Gasteiger partial charge on any atom is 0.255 e. The summed E-state index contributed by atoms with van der Waals surface area (Å²) in [5.41, 5.74) is 5.03. The number of para-hydroxylation sites is 1. The third kappa shape index (κ3) is 3.37. The molecule has 1 aromatic heterocycles. The number of nitrogens with one attached hydrogen (secondary N) is 1. The van der Waals surface area contributed by atoms with Crippen molar-refractivity contribution < 1.29 is 9.59 Å². The molecular weight excluding hydrogens is 470 g/mol. The van der Waals surface area contributed by atoms with Gasteiger partial charge in [-0.15, -0.1) is 0 Å². The lowest BCUT2D eigenvalue weighted by atomic mass is 9.76. The van der Waals surface area contributed by atoms with Gasteiger partial charge in [0.1, 0.15) is 6.54 Å². The molecule has 1 saturated heterocycles. The highest BCUT2D eigenvalue weighted by molar-refractivity contribution is 6.31. The fourth-order valence-electron chi connectivity index (χ4n) is 5.92. The predicted octanol–water partition coefficient (Wildman–Crippen LogP) is 5.62. The van der Waals surface area contributed by atoms with Gasteiger partial charge < -0.3 is 14.8 Å². The van der Waals surface area contributed by atoms with E-state index >= 15 is 0 Å². The van der Waals surface area contributed by atoms with Crippen LogP contribution < -0.4 is 0 Å². The second kappa shape index (κ2) is 8.52. The van der Waals surface area contributed by atoms with Crippen molar-refractivity contribution in [3.63, 3.8) is 0 Å². The van der Waals surface area contributed by atoms with Gasteiger partial charge in [-0.1, -0.05) is 79.2 Å². The average Bonchev–Trinajstić information content (AvgIpc) is 3.29. The molecule has 36 heavy (non-hydrogen) atoms. The SMILES string of the molecule is CCc1ccc([C@H]2CN3C(=O)CN(Cc4ccccc4Cl)C(=O)[C@]3(C)c3[nH]c4ccccc4c32)cc1. The number of fused-ring (bicyclic) bond motifs is 5. The summed E-state index contributed by atoms with van der Waals surface area (Å²) in [5.74, 6) is -0.166. The van der Waals surface area contributed by atoms with Gasteiger partial charge in [-0.2, -0.15) is 0 Å². The van der Waals surface area contributed by atoms with Crippen LogP contribution in [0.15, 0.2) is 72.8 Å². The molecule has 182 valence electrons. The molecule has 3 aromatic carbocycles. The van der Waals surface area contributed by atoms with Gasteiger partial charge in [0.15, 0.2) is 5.54 Å². The quantitative estimate of drug-likeness (QED) is 0.398. The van der Waals surface area contributed by atoms with Crippen molar-refractivity contribution in [2.75, 3.05) is 13.1 Å². The van der Waals surface area contributed by atoms with E-state index in [4.69, 9.17) is 11.6 Å². The van der Waals surface area contributed by atoms with Gasteiger partial charge in [-0.3, -0.25) is 9.59 Å². The normalized spacial score (nSPS) is 21.6. The minimum absolute atomic E-state index is 0.0259. The second-order valence-electron chi connectivity index (χ2n) is 9.94. The number of H-pyrrole nitrogens is 1. The number of amides is 2. The van der Waals surface area contributed by atoms with Crippen molar-refractivity contribution in [3.05, 3.63) is 106 Å². The zero-order valence-electron chi connectivity index (χ0n) is 20.4. The van der Waals surface area contributed by atoms with E-state index in [1.807, 2.05) is 49.4 Å². The maximum atomic E-state index is 14.2. The Kier molecular flexibility index (Phi) is 5.41. The zero-order chi connectivity index (χ0) is 25.0. The van der Waals surface area contributed by atoms with Crippen molar-refractivity contribution in [3.8, 4) is 0 Å². The number of halogens is 1. The number of aryl methyl sites for hydroxylation is 1. The molecule has 0 bridgehead atoms.